The fraction of sp³-hybridized carbons (Fsp3) is 0.250. The molecule has 0 radical (unpaired) electrons. The van der Waals surface area contributed by atoms with E-state index in [1.165, 1.54) is 13.2 Å². The van der Waals surface area contributed by atoms with Crippen LogP contribution in [0.4, 0.5) is 0 Å². The van der Waals surface area contributed by atoms with Crippen molar-refractivity contribution in [1.82, 2.24) is 4.90 Å². The molecular formula is C20H17ClN2O5. The highest BCUT2D eigenvalue weighted by atomic mass is 35.5. The molecule has 7 nitrogen and oxygen atoms in total. The lowest BCUT2D eigenvalue weighted by Crippen LogP contribution is -2.41. The van der Waals surface area contributed by atoms with Crippen molar-refractivity contribution in [2.75, 3.05) is 33.4 Å². The highest BCUT2D eigenvalue weighted by Gasteiger charge is 2.21. The largest absolute Gasteiger partial charge is 0.465 e. The van der Waals surface area contributed by atoms with E-state index >= 15 is 0 Å². The van der Waals surface area contributed by atoms with Crippen LogP contribution in [0.1, 0.15) is 16.1 Å². The third kappa shape index (κ3) is 4.25. The molecule has 1 amide bonds. The maximum absolute atomic E-state index is 12.5. The second-order valence-corrected chi connectivity index (χ2v) is 6.37. The molecule has 1 saturated heterocycles. The lowest BCUT2D eigenvalue weighted by molar-refractivity contribution is -0.130. The first-order valence-corrected chi connectivity index (χ1v) is 8.88. The van der Waals surface area contributed by atoms with E-state index in [9.17, 15) is 14.9 Å². The predicted octanol–water partition coefficient (Wildman–Crippen LogP) is 3.15. The Bertz CT molecular complexity index is 967. The van der Waals surface area contributed by atoms with E-state index < -0.39 is 5.97 Å². The number of benzene rings is 1. The Kier molecular flexibility index (Phi) is 6.14. The number of ether oxygens (including phenoxy) is 2. The van der Waals surface area contributed by atoms with Crippen molar-refractivity contribution in [2.45, 2.75) is 0 Å². The summed E-state index contributed by atoms with van der Waals surface area (Å²) >= 11 is 6.22. The van der Waals surface area contributed by atoms with Crippen molar-refractivity contribution in [2.24, 2.45) is 0 Å². The fourth-order valence-electron chi connectivity index (χ4n) is 2.75. The molecule has 2 aromatic rings. The van der Waals surface area contributed by atoms with Gasteiger partial charge < -0.3 is 18.8 Å². The fourth-order valence-corrected chi connectivity index (χ4v) is 2.97. The summed E-state index contributed by atoms with van der Waals surface area (Å²) in [4.78, 5) is 25.8. The minimum Gasteiger partial charge on any atom is -0.465 e. The van der Waals surface area contributed by atoms with Gasteiger partial charge in [0.25, 0.3) is 5.91 Å². The van der Waals surface area contributed by atoms with Crippen LogP contribution in [-0.4, -0.2) is 50.2 Å². The highest BCUT2D eigenvalue weighted by Crippen LogP contribution is 2.31. The second kappa shape index (κ2) is 8.74. The van der Waals surface area contributed by atoms with Gasteiger partial charge in [-0.15, -0.1) is 0 Å². The van der Waals surface area contributed by atoms with Crippen LogP contribution < -0.4 is 0 Å². The van der Waals surface area contributed by atoms with Gasteiger partial charge in [0.15, 0.2) is 0 Å². The molecule has 3 rings (SSSR count). The Hall–Kier alpha value is -3.08. The van der Waals surface area contributed by atoms with Crippen molar-refractivity contribution in [1.29, 1.82) is 5.26 Å². The summed E-state index contributed by atoms with van der Waals surface area (Å²) in [5.74, 6) is -0.132. The zero-order chi connectivity index (χ0) is 20.1. The van der Waals surface area contributed by atoms with Crippen LogP contribution in [-0.2, 0) is 14.3 Å². The van der Waals surface area contributed by atoms with Crippen LogP contribution in [0.2, 0.25) is 5.02 Å². The van der Waals surface area contributed by atoms with Crippen molar-refractivity contribution < 1.29 is 23.5 Å². The van der Waals surface area contributed by atoms with Crippen molar-refractivity contribution in [3.05, 3.63) is 52.3 Å². The maximum atomic E-state index is 12.5. The summed E-state index contributed by atoms with van der Waals surface area (Å²) in [7, 11) is 1.29. The normalized spacial score (nSPS) is 14.5. The number of rotatable bonds is 4. The quantitative estimate of drug-likeness (QED) is 0.444. The number of furan rings is 1. The molecule has 1 fully saturated rings. The number of amides is 1. The molecule has 0 aliphatic carbocycles. The van der Waals surface area contributed by atoms with Crippen LogP contribution in [0, 0.1) is 11.3 Å². The number of carbonyl (C=O) groups is 2. The second-order valence-electron chi connectivity index (χ2n) is 5.96. The minimum atomic E-state index is -0.493. The molecule has 0 unspecified atom stereocenters. The number of esters is 1. The number of nitrogens with zero attached hydrogens (tertiary/aromatic N) is 2. The molecule has 0 atom stereocenters. The minimum absolute atomic E-state index is 0.0304. The van der Waals surface area contributed by atoms with Crippen LogP contribution in [0.3, 0.4) is 0 Å². The van der Waals surface area contributed by atoms with Crippen molar-refractivity contribution >= 4 is 29.6 Å². The van der Waals surface area contributed by atoms with Gasteiger partial charge in [-0.25, -0.2) is 4.79 Å². The molecule has 0 saturated carbocycles. The Labute approximate surface area is 166 Å². The number of carbonyl (C=O) groups excluding carboxylic acids is 2. The smallest absolute Gasteiger partial charge is 0.337 e. The number of halogens is 1. The first kappa shape index (κ1) is 19.7. The van der Waals surface area contributed by atoms with E-state index in [4.69, 9.17) is 25.5 Å². The maximum Gasteiger partial charge on any atom is 0.337 e. The molecule has 144 valence electrons. The highest BCUT2D eigenvalue weighted by molar-refractivity contribution is 6.33. The summed E-state index contributed by atoms with van der Waals surface area (Å²) in [6.07, 6.45) is 1.39. The molecule has 1 aromatic heterocycles. The first-order chi connectivity index (χ1) is 13.5. The summed E-state index contributed by atoms with van der Waals surface area (Å²) in [6.45, 7) is 1.78. The summed E-state index contributed by atoms with van der Waals surface area (Å²) < 4.78 is 15.7. The molecule has 1 aliphatic rings. The monoisotopic (exact) mass is 400 g/mol. The van der Waals surface area contributed by atoms with E-state index in [1.54, 1.807) is 35.2 Å². The molecule has 0 N–H and O–H groups in total. The van der Waals surface area contributed by atoms with Crippen LogP contribution >= 0.6 is 11.6 Å². The van der Waals surface area contributed by atoms with E-state index in [0.29, 0.717) is 54.0 Å². The van der Waals surface area contributed by atoms with Gasteiger partial charge in [0.05, 0.1) is 30.9 Å². The Balaban J connectivity index is 1.87. The Morgan fingerprint density at radius 1 is 1.25 bits per heavy atom. The number of hydrogen-bond donors (Lipinski definition) is 0. The van der Waals surface area contributed by atoms with Gasteiger partial charge in [0.1, 0.15) is 23.2 Å². The lowest BCUT2D eigenvalue weighted by Gasteiger charge is -2.26. The van der Waals surface area contributed by atoms with Gasteiger partial charge in [-0.2, -0.15) is 5.26 Å². The topological polar surface area (TPSA) is 92.8 Å². The summed E-state index contributed by atoms with van der Waals surface area (Å²) in [6, 6.07) is 9.89. The summed E-state index contributed by atoms with van der Waals surface area (Å²) in [5, 5.41) is 9.76. The molecule has 2 heterocycles. The molecular weight excluding hydrogens is 384 g/mol. The molecule has 1 aromatic carbocycles. The molecule has 1 aliphatic heterocycles. The number of morpholine rings is 1. The van der Waals surface area contributed by atoms with E-state index in [-0.39, 0.29) is 11.5 Å². The zero-order valence-electron chi connectivity index (χ0n) is 15.1. The SMILES string of the molecule is COC(=O)c1ccc(Cl)c(-c2ccc(/C=C(\C#N)C(=O)N3CCOCC3)o2)c1. The number of methoxy groups -OCH3 is 1. The van der Waals surface area contributed by atoms with E-state index in [1.807, 2.05) is 6.07 Å². The Morgan fingerprint density at radius 3 is 2.68 bits per heavy atom. The van der Waals surface area contributed by atoms with Gasteiger partial charge in [0, 0.05) is 24.7 Å². The summed E-state index contributed by atoms with van der Waals surface area (Å²) in [5.41, 5.74) is 0.801. The van der Waals surface area contributed by atoms with Crippen molar-refractivity contribution in [3.63, 3.8) is 0 Å². The zero-order valence-corrected chi connectivity index (χ0v) is 15.9. The predicted molar refractivity (Wildman–Crippen MR) is 101 cm³/mol. The molecule has 8 heteroatoms. The van der Waals surface area contributed by atoms with Crippen molar-refractivity contribution in [3.8, 4) is 17.4 Å². The third-order valence-electron chi connectivity index (χ3n) is 4.22. The average Bonchev–Trinajstić information content (AvgIpc) is 3.20. The molecule has 28 heavy (non-hydrogen) atoms. The Morgan fingerprint density at radius 2 is 2.00 bits per heavy atom. The third-order valence-corrected chi connectivity index (χ3v) is 4.55. The van der Waals surface area contributed by atoms with Crippen LogP contribution in [0.5, 0.6) is 0 Å². The average molecular weight is 401 g/mol. The van der Waals surface area contributed by atoms with Crippen LogP contribution in [0.15, 0.2) is 40.3 Å². The van der Waals surface area contributed by atoms with Gasteiger partial charge in [-0.1, -0.05) is 11.6 Å². The first-order valence-electron chi connectivity index (χ1n) is 8.50. The standard InChI is InChI=1S/C20H17ClN2O5/c1-26-20(25)13-2-4-17(21)16(11-13)18-5-3-15(28-18)10-14(12-22)19(24)23-6-8-27-9-7-23/h2-5,10-11H,6-9H2,1H3/b14-10+. The number of hydrogen-bond acceptors (Lipinski definition) is 6. The van der Waals surface area contributed by atoms with E-state index in [0.717, 1.165) is 0 Å². The van der Waals surface area contributed by atoms with Gasteiger partial charge in [-0.05, 0) is 30.3 Å². The van der Waals surface area contributed by atoms with Gasteiger partial charge in [0.2, 0.25) is 0 Å². The molecule has 0 spiro atoms. The van der Waals surface area contributed by atoms with E-state index in [2.05, 4.69) is 0 Å². The van der Waals surface area contributed by atoms with Crippen LogP contribution in [0.25, 0.3) is 17.4 Å². The molecule has 0 bridgehead atoms. The lowest BCUT2D eigenvalue weighted by atomic mass is 10.1. The van der Waals surface area contributed by atoms with Gasteiger partial charge >= 0.3 is 5.97 Å². The van der Waals surface area contributed by atoms with Gasteiger partial charge in [-0.3, -0.25) is 4.79 Å². The number of nitriles is 1.